The summed E-state index contributed by atoms with van der Waals surface area (Å²) in [5.41, 5.74) is 1.03. The Bertz CT molecular complexity index is 684. The average molecular weight is 386 g/mol. The van der Waals surface area contributed by atoms with Gasteiger partial charge in [-0.15, -0.1) is 0 Å². The molecule has 0 atom stereocenters. The van der Waals surface area contributed by atoms with Crippen LogP contribution in [0, 0.1) is 5.92 Å². The molecule has 1 aromatic carbocycles. The van der Waals surface area contributed by atoms with Crippen molar-refractivity contribution in [1.82, 2.24) is 15.1 Å². The summed E-state index contributed by atoms with van der Waals surface area (Å²) >= 11 is 0. The maximum atomic E-state index is 13.0. The molecule has 2 saturated heterocycles. The normalized spacial score (nSPS) is 22.6. The molecule has 0 radical (unpaired) electrons. The Morgan fingerprint density at radius 3 is 2.50 bits per heavy atom. The summed E-state index contributed by atoms with van der Waals surface area (Å²) in [6.07, 6.45) is 4.83. The molecule has 2 aliphatic heterocycles. The molecule has 1 aliphatic carbocycles. The standard InChI is InChI=1S/C22H31N3O3/c26-20(23-16-18-4-2-1-3-5-18)17-24-11-8-22(9-14-28-15-10-22)25(13-12-24)21(27)19-6-7-19/h1-5,19H,6-17H2,(H,23,26). The van der Waals surface area contributed by atoms with E-state index in [9.17, 15) is 9.59 Å². The molecule has 3 fully saturated rings. The molecular weight excluding hydrogens is 354 g/mol. The van der Waals surface area contributed by atoms with Crippen molar-refractivity contribution in [2.24, 2.45) is 5.92 Å². The SMILES string of the molecule is O=C(CN1CCN(C(=O)C2CC2)C2(CCOCC2)CC1)NCc1ccccc1. The zero-order chi connectivity index (χ0) is 19.4. The minimum Gasteiger partial charge on any atom is -0.381 e. The monoisotopic (exact) mass is 385 g/mol. The number of nitrogens with one attached hydrogen (secondary N) is 1. The molecule has 1 saturated carbocycles. The Kier molecular flexibility index (Phi) is 5.97. The van der Waals surface area contributed by atoms with Gasteiger partial charge in [0, 0.05) is 50.8 Å². The van der Waals surface area contributed by atoms with Gasteiger partial charge in [-0.3, -0.25) is 14.5 Å². The fourth-order valence-electron chi connectivity index (χ4n) is 4.47. The van der Waals surface area contributed by atoms with Crippen LogP contribution in [0.4, 0.5) is 0 Å². The van der Waals surface area contributed by atoms with Crippen molar-refractivity contribution in [1.29, 1.82) is 0 Å². The summed E-state index contributed by atoms with van der Waals surface area (Å²) in [5, 5.41) is 3.02. The molecule has 152 valence electrons. The van der Waals surface area contributed by atoms with Crippen LogP contribution in [0.5, 0.6) is 0 Å². The largest absolute Gasteiger partial charge is 0.381 e. The first-order chi connectivity index (χ1) is 13.7. The maximum absolute atomic E-state index is 13.0. The minimum absolute atomic E-state index is 0.0480. The molecular formula is C22H31N3O3. The Balaban J connectivity index is 1.35. The van der Waals surface area contributed by atoms with E-state index in [-0.39, 0.29) is 17.4 Å². The number of ether oxygens (including phenoxy) is 1. The molecule has 1 aromatic rings. The Hall–Kier alpha value is -1.92. The van der Waals surface area contributed by atoms with Crippen molar-refractivity contribution in [3.05, 3.63) is 35.9 Å². The van der Waals surface area contributed by atoms with Crippen molar-refractivity contribution < 1.29 is 14.3 Å². The van der Waals surface area contributed by atoms with Crippen molar-refractivity contribution in [3.8, 4) is 0 Å². The molecule has 6 heteroatoms. The van der Waals surface area contributed by atoms with Gasteiger partial charge in [0.05, 0.1) is 6.54 Å². The van der Waals surface area contributed by atoms with Gasteiger partial charge in [-0.1, -0.05) is 30.3 Å². The van der Waals surface area contributed by atoms with Crippen LogP contribution >= 0.6 is 0 Å². The minimum atomic E-state index is -0.0762. The number of hydrogen-bond donors (Lipinski definition) is 1. The summed E-state index contributed by atoms with van der Waals surface area (Å²) in [7, 11) is 0. The highest BCUT2D eigenvalue weighted by molar-refractivity contribution is 5.82. The highest BCUT2D eigenvalue weighted by Gasteiger charge is 2.46. The van der Waals surface area contributed by atoms with E-state index in [1.165, 1.54) is 0 Å². The van der Waals surface area contributed by atoms with E-state index < -0.39 is 0 Å². The molecule has 2 amide bonds. The smallest absolute Gasteiger partial charge is 0.234 e. The second-order valence-electron chi connectivity index (χ2n) is 8.39. The van der Waals surface area contributed by atoms with Gasteiger partial charge >= 0.3 is 0 Å². The summed E-state index contributed by atoms with van der Waals surface area (Å²) < 4.78 is 5.59. The van der Waals surface area contributed by atoms with E-state index in [1.54, 1.807) is 0 Å². The molecule has 4 rings (SSSR count). The molecule has 0 bridgehead atoms. The van der Waals surface area contributed by atoms with Crippen molar-refractivity contribution in [2.45, 2.75) is 44.2 Å². The number of benzene rings is 1. The fourth-order valence-corrected chi connectivity index (χ4v) is 4.47. The number of nitrogens with zero attached hydrogens (tertiary/aromatic N) is 2. The molecule has 28 heavy (non-hydrogen) atoms. The molecule has 1 N–H and O–H groups in total. The second kappa shape index (κ2) is 8.62. The van der Waals surface area contributed by atoms with Gasteiger partial charge in [-0.2, -0.15) is 0 Å². The van der Waals surface area contributed by atoms with Gasteiger partial charge in [0.1, 0.15) is 0 Å². The lowest BCUT2D eigenvalue weighted by molar-refractivity contribution is -0.143. The van der Waals surface area contributed by atoms with Gasteiger partial charge in [-0.25, -0.2) is 0 Å². The van der Waals surface area contributed by atoms with Crippen LogP contribution in [0.3, 0.4) is 0 Å². The van der Waals surface area contributed by atoms with Gasteiger partial charge in [0.2, 0.25) is 11.8 Å². The number of hydrogen-bond acceptors (Lipinski definition) is 4. The van der Waals surface area contributed by atoms with E-state index in [2.05, 4.69) is 15.1 Å². The van der Waals surface area contributed by atoms with Crippen molar-refractivity contribution in [3.63, 3.8) is 0 Å². The quantitative estimate of drug-likeness (QED) is 0.840. The average Bonchev–Trinajstić information content (AvgIpc) is 3.57. The van der Waals surface area contributed by atoms with Crippen LogP contribution in [0.25, 0.3) is 0 Å². The lowest BCUT2D eigenvalue weighted by atomic mass is 9.84. The fraction of sp³-hybridized carbons (Fsp3) is 0.636. The Labute approximate surface area is 167 Å². The third kappa shape index (κ3) is 4.55. The molecule has 0 unspecified atom stereocenters. The second-order valence-corrected chi connectivity index (χ2v) is 8.39. The number of carbonyl (C=O) groups excluding carboxylic acids is 2. The summed E-state index contributed by atoms with van der Waals surface area (Å²) in [6.45, 7) is 4.75. The lowest BCUT2D eigenvalue weighted by Gasteiger charge is -2.45. The van der Waals surface area contributed by atoms with Crippen LogP contribution in [0.2, 0.25) is 0 Å². The van der Waals surface area contributed by atoms with Crippen LogP contribution in [-0.2, 0) is 20.9 Å². The zero-order valence-corrected chi connectivity index (χ0v) is 16.6. The molecule has 1 spiro atoms. The van der Waals surface area contributed by atoms with E-state index in [0.717, 1.165) is 70.5 Å². The Morgan fingerprint density at radius 2 is 1.79 bits per heavy atom. The van der Waals surface area contributed by atoms with Gasteiger partial charge in [-0.05, 0) is 37.7 Å². The lowest BCUT2D eigenvalue weighted by Crippen LogP contribution is -2.55. The van der Waals surface area contributed by atoms with Crippen LogP contribution < -0.4 is 5.32 Å². The first kappa shape index (κ1) is 19.4. The first-order valence-electron chi connectivity index (χ1n) is 10.6. The van der Waals surface area contributed by atoms with Gasteiger partial charge < -0.3 is 15.0 Å². The predicted molar refractivity (Wildman–Crippen MR) is 107 cm³/mol. The zero-order valence-electron chi connectivity index (χ0n) is 16.6. The van der Waals surface area contributed by atoms with Crippen molar-refractivity contribution in [2.75, 3.05) is 39.4 Å². The van der Waals surface area contributed by atoms with Crippen LogP contribution in [0.15, 0.2) is 30.3 Å². The maximum Gasteiger partial charge on any atom is 0.234 e. The van der Waals surface area contributed by atoms with E-state index in [1.807, 2.05) is 30.3 Å². The number of carbonyl (C=O) groups is 2. The predicted octanol–water partition coefficient (Wildman–Crippen LogP) is 1.80. The number of rotatable bonds is 5. The molecule has 0 aromatic heterocycles. The first-order valence-corrected chi connectivity index (χ1v) is 10.6. The molecule has 2 heterocycles. The van der Waals surface area contributed by atoms with E-state index in [4.69, 9.17) is 4.74 Å². The summed E-state index contributed by atoms with van der Waals surface area (Å²) in [5.74, 6) is 0.615. The van der Waals surface area contributed by atoms with Gasteiger partial charge in [0.25, 0.3) is 0 Å². The number of amides is 2. The van der Waals surface area contributed by atoms with E-state index in [0.29, 0.717) is 19.0 Å². The molecule has 6 nitrogen and oxygen atoms in total. The molecule has 3 aliphatic rings. The Morgan fingerprint density at radius 1 is 1.04 bits per heavy atom. The van der Waals surface area contributed by atoms with Crippen LogP contribution in [-0.4, -0.2) is 66.5 Å². The topological polar surface area (TPSA) is 61.9 Å². The highest BCUT2D eigenvalue weighted by atomic mass is 16.5. The van der Waals surface area contributed by atoms with E-state index >= 15 is 0 Å². The summed E-state index contributed by atoms with van der Waals surface area (Å²) in [6, 6.07) is 9.97. The third-order valence-electron chi connectivity index (χ3n) is 6.42. The van der Waals surface area contributed by atoms with Crippen LogP contribution in [0.1, 0.15) is 37.7 Å². The van der Waals surface area contributed by atoms with Crippen molar-refractivity contribution >= 4 is 11.8 Å². The third-order valence-corrected chi connectivity index (χ3v) is 6.42. The summed E-state index contributed by atoms with van der Waals surface area (Å²) in [4.78, 5) is 29.8. The van der Waals surface area contributed by atoms with Gasteiger partial charge in [0.15, 0.2) is 0 Å². The highest BCUT2D eigenvalue weighted by Crippen LogP contribution is 2.39.